The molecule has 1 amide bonds. The Morgan fingerprint density at radius 3 is 3.10 bits per heavy atom. The molecule has 2 heterocycles. The molecule has 0 radical (unpaired) electrons. The lowest BCUT2D eigenvalue weighted by Gasteiger charge is -2.32. The molecule has 112 valence electrons. The number of rotatable bonds is 5. The van der Waals surface area contributed by atoms with Crippen molar-refractivity contribution in [3.05, 3.63) is 21.3 Å². The van der Waals surface area contributed by atoms with E-state index in [9.17, 15) is 4.79 Å². The quantitative estimate of drug-likeness (QED) is 0.881. The number of ether oxygens (including phenoxy) is 1. The van der Waals surface area contributed by atoms with E-state index in [0.29, 0.717) is 26.2 Å². The summed E-state index contributed by atoms with van der Waals surface area (Å²) < 4.78 is 6.24. The third-order valence-corrected chi connectivity index (χ3v) is 4.51. The summed E-state index contributed by atoms with van der Waals surface area (Å²) in [5.41, 5.74) is 5.60. The van der Waals surface area contributed by atoms with Gasteiger partial charge < -0.3 is 15.4 Å². The van der Waals surface area contributed by atoms with Crippen molar-refractivity contribution < 1.29 is 9.53 Å². The zero-order valence-electron chi connectivity index (χ0n) is 11.5. The first kappa shape index (κ1) is 15.7. The van der Waals surface area contributed by atoms with E-state index < -0.39 is 0 Å². The van der Waals surface area contributed by atoms with E-state index in [1.54, 1.807) is 4.90 Å². The Kier molecular flexibility index (Phi) is 5.80. The molecule has 1 aliphatic heterocycles. The molecule has 0 aliphatic carbocycles. The number of halogens is 1. The second-order valence-corrected chi connectivity index (χ2v) is 6.72. The van der Waals surface area contributed by atoms with E-state index in [4.69, 9.17) is 22.1 Å². The Morgan fingerprint density at radius 1 is 1.65 bits per heavy atom. The maximum absolute atomic E-state index is 12.2. The Labute approximate surface area is 128 Å². The van der Waals surface area contributed by atoms with E-state index in [0.717, 1.165) is 22.3 Å². The molecular weight excluding hydrogens is 298 g/mol. The van der Waals surface area contributed by atoms with Crippen molar-refractivity contribution in [3.63, 3.8) is 0 Å². The fourth-order valence-electron chi connectivity index (χ4n) is 2.14. The molecule has 1 unspecified atom stereocenters. The predicted molar refractivity (Wildman–Crippen MR) is 81.0 cm³/mol. The number of nitrogens with two attached hydrogens (primary N) is 1. The minimum Gasteiger partial charge on any atom is -0.374 e. The summed E-state index contributed by atoms with van der Waals surface area (Å²) in [6.07, 6.45) is 0.0398. The van der Waals surface area contributed by atoms with Gasteiger partial charge >= 0.3 is 0 Å². The van der Waals surface area contributed by atoms with Crippen LogP contribution in [0.3, 0.4) is 0 Å². The number of likely N-dealkylation sites (N-methyl/N-ethyl adjacent to an activating group) is 1. The number of carbonyl (C=O) groups is 1. The van der Waals surface area contributed by atoms with Gasteiger partial charge in [0.25, 0.3) is 0 Å². The molecule has 1 fully saturated rings. The molecule has 0 spiro atoms. The Bertz CT molecular complexity index is 455. The lowest BCUT2D eigenvalue weighted by molar-refractivity contribution is -0.133. The van der Waals surface area contributed by atoms with Crippen molar-refractivity contribution in [1.82, 2.24) is 9.80 Å². The molecule has 1 aromatic rings. The fourth-order valence-corrected chi connectivity index (χ4v) is 3.28. The first-order valence-electron chi connectivity index (χ1n) is 6.60. The molecule has 1 atom stereocenters. The molecule has 7 heteroatoms. The highest BCUT2D eigenvalue weighted by Gasteiger charge is 2.22. The highest BCUT2D eigenvalue weighted by Crippen LogP contribution is 2.22. The third kappa shape index (κ3) is 4.43. The molecule has 1 saturated heterocycles. The summed E-state index contributed by atoms with van der Waals surface area (Å²) in [5.74, 6) is 0.104. The first-order valence-corrected chi connectivity index (χ1v) is 7.80. The minimum absolute atomic E-state index is 0.0398. The highest BCUT2D eigenvalue weighted by molar-refractivity contribution is 7.16. The van der Waals surface area contributed by atoms with Crippen LogP contribution >= 0.6 is 22.9 Å². The van der Waals surface area contributed by atoms with Gasteiger partial charge in [0.1, 0.15) is 0 Å². The summed E-state index contributed by atoms with van der Waals surface area (Å²) in [5, 5.41) is 0. The Morgan fingerprint density at radius 2 is 2.45 bits per heavy atom. The van der Waals surface area contributed by atoms with Crippen molar-refractivity contribution in [3.8, 4) is 0 Å². The van der Waals surface area contributed by atoms with Gasteiger partial charge in [-0.2, -0.15) is 0 Å². The summed E-state index contributed by atoms with van der Waals surface area (Å²) in [6.45, 7) is 3.64. The molecule has 5 nitrogen and oxygen atoms in total. The molecule has 20 heavy (non-hydrogen) atoms. The smallest absolute Gasteiger partial charge is 0.236 e. The van der Waals surface area contributed by atoms with Gasteiger partial charge in [0.15, 0.2) is 0 Å². The van der Waals surface area contributed by atoms with E-state index in [2.05, 4.69) is 4.90 Å². The highest BCUT2D eigenvalue weighted by atomic mass is 35.5. The molecule has 0 aromatic carbocycles. The van der Waals surface area contributed by atoms with E-state index in [-0.39, 0.29) is 12.0 Å². The lowest BCUT2D eigenvalue weighted by Crippen LogP contribution is -2.49. The second-order valence-electron chi connectivity index (χ2n) is 4.92. The van der Waals surface area contributed by atoms with Gasteiger partial charge in [-0.1, -0.05) is 11.6 Å². The summed E-state index contributed by atoms with van der Waals surface area (Å²) >= 11 is 7.40. The van der Waals surface area contributed by atoms with Crippen LogP contribution in [-0.2, 0) is 16.1 Å². The predicted octanol–water partition coefficient (Wildman–Crippen LogP) is 1.02. The van der Waals surface area contributed by atoms with Crippen LogP contribution in [0.5, 0.6) is 0 Å². The lowest BCUT2D eigenvalue weighted by atomic mass is 10.2. The third-order valence-electron chi connectivity index (χ3n) is 3.29. The van der Waals surface area contributed by atoms with Gasteiger partial charge in [0, 0.05) is 31.6 Å². The summed E-state index contributed by atoms with van der Waals surface area (Å²) in [4.78, 5) is 17.1. The molecule has 1 aliphatic rings. The Hall–Kier alpha value is -0.660. The van der Waals surface area contributed by atoms with E-state index in [1.807, 2.05) is 19.2 Å². The van der Waals surface area contributed by atoms with Crippen LogP contribution in [0.4, 0.5) is 0 Å². The molecule has 0 saturated carbocycles. The first-order chi connectivity index (χ1) is 9.58. The van der Waals surface area contributed by atoms with Crippen LogP contribution in [0.25, 0.3) is 0 Å². The van der Waals surface area contributed by atoms with Crippen molar-refractivity contribution >= 4 is 28.8 Å². The van der Waals surface area contributed by atoms with Crippen LogP contribution in [0, 0.1) is 0 Å². The number of hydrogen-bond donors (Lipinski definition) is 1. The van der Waals surface area contributed by atoms with Gasteiger partial charge in [-0.05, 0) is 12.1 Å². The monoisotopic (exact) mass is 317 g/mol. The number of morpholine rings is 1. The zero-order chi connectivity index (χ0) is 14.5. The average Bonchev–Trinajstić information content (AvgIpc) is 2.84. The van der Waals surface area contributed by atoms with E-state index >= 15 is 0 Å². The number of nitrogens with zero attached hydrogens (tertiary/aromatic N) is 2. The van der Waals surface area contributed by atoms with Crippen LogP contribution in [0.1, 0.15) is 4.88 Å². The van der Waals surface area contributed by atoms with Gasteiger partial charge in [-0.25, -0.2) is 0 Å². The largest absolute Gasteiger partial charge is 0.374 e. The number of carbonyl (C=O) groups excluding carboxylic acids is 1. The zero-order valence-corrected chi connectivity index (χ0v) is 13.1. The van der Waals surface area contributed by atoms with Gasteiger partial charge in [-0.3, -0.25) is 9.69 Å². The Balaban J connectivity index is 1.81. The van der Waals surface area contributed by atoms with Crippen molar-refractivity contribution in [1.29, 1.82) is 0 Å². The van der Waals surface area contributed by atoms with Crippen molar-refractivity contribution in [2.75, 3.05) is 39.8 Å². The molecule has 1 aromatic heterocycles. The van der Waals surface area contributed by atoms with Gasteiger partial charge in [-0.15, -0.1) is 11.3 Å². The number of amides is 1. The SMILES string of the molecule is CN(Cc1ccc(Cl)s1)C(=O)CN1CCOC(CN)C1. The average molecular weight is 318 g/mol. The number of thiophene rings is 1. The van der Waals surface area contributed by atoms with E-state index in [1.165, 1.54) is 11.3 Å². The fraction of sp³-hybridized carbons (Fsp3) is 0.615. The van der Waals surface area contributed by atoms with Crippen molar-refractivity contribution in [2.24, 2.45) is 5.73 Å². The molecule has 0 bridgehead atoms. The van der Waals surface area contributed by atoms with Crippen LogP contribution < -0.4 is 5.73 Å². The molecular formula is C13H20ClN3O2S. The van der Waals surface area contributed by atoms with Crippen LogP contribution in [0.15, 0.2) is 12.1 Å². The molecule has 2 N–H and O–H groups in total. The summed E-state index contributed by atoms with van der Waals surface area (Å²) in [6, 6.07) is 3.81. The number of hydrogen-bond acceptors (Lipinski definition) is 5. The maximum atomic E-state index is 12.2. The minimum atomic E-state index is 0.0398. The summed E-state index contributed by atoms with van der Waals surface area (Å²) in [7, 11) is 1.82. The van der Waals surface area contributed by atoms with Crippen LogP contribution in [-0.4, -0.2) is 61.6 Å². The van der Waals surface area contributed by atoms with Gasteiger partial charge in [0.2, 0.25) is 5.91 Å². The second kappa shape index (κ2) is 7.38. The van der Waals surface area contributed by atoms with Crippen LogP contribution in [0.2, 0.25) is 4.34 Å². The standard InChI is InChI=1S/C13H20ClN3O2S/c1-16(8-11-2-3-12(14)20-11)13(18)9-17-4-5-19-10(6-15)7-17/h2-3,10H,4-9,15H2,1H3. The maximum Gasteiger partial charge on any atom is 0.236 e. The van der Waals surface area contributed by atoms with Gasteiger partial charge in [0.05, 0.1) is 30.1 Å². The topological polar surface area (TPSA) is 58.8 Å². The normalized spacial score (nSPS) is 20.1. The van der Waals surface area contributed by atoms with Crippen molar-refractivity contribution in [2.45, 2.75) is 12.6 Å². The molecule has 2 rings (SSSR count).